The summed E-state index contributed by atoms with van der Waals surface area (Å²) < 4.78 is 1.04. The van der Waals surface area contributed by atoms with Gasteiger partial charge in [-0.05, 0) is 36.4 Å². The number of hydrogen-bond donors (Lipinski definition) is 1. The number of rotatable bonds is 2. The molecule has 1 heterocycles. The van der Waals surface area contributed by atoms with E-state index in [1.807, 2.05) is 24.3 Å². The van der Waals surface area contributed by atoms with Gasteiger partial charge >= 0.3 is 0 Å². The first-order valence-electron chi connectivity index (χ1n) is 4.26. The Kier molecular flexibility index (Phi) is 3.18. The summed E-state index contributed by atoms with van der Waals surface area (Å²) in [5.74, 6) is 0.668. The van der Waals surface area contributed by atoms with Crippen LogP contribution < -0.4 is 5.32 Å². The van der Waals surface area contributed by atoms with E-state index in [2.05, 4.69) is 31.4 Å². The van der Waals surface area contributed by atoms with Gasteiger partial charge in [0, 0.05) is 10.2 Å². The molecule has 5 heteroatoms. The largest absolute Gasteiger partial charge is 0.339 e. The molecule has 0 aliphatic carbocycles. The van der Waals surface area contributed by atoms with Crippen molar-refractivity contribution in [1.82, 2.24) is 10.2 Å². The highest BCUT2D eigenvalue weighted by molar-refractivity contribution is 9.10. The van der Waals surface area contributed by atoms with Crippen LogP contribution in [-0.4, -0.2) is 10.2 Å². The van der Waals surface area contributed by atoms with Crippen LogP contribution in [0, 0.1) is 0 Å². The molecule has 3 nitrogen and oxygen atoms in total. The lowest BCUT2D eigenvalue weighted by molar-refractivity contribution is 1.04. The van der Waals surface area contributed by atoms with Crippen LogP contribution >= 0.6 is 27.5 Å². The number of anilines is 2. The Morgan fingerprint density at radius 2 is 1.73 bits per heavy atom. The van der Waals surface area contributed by atoms with Crippen molar-refractivity contribution in [3.63, 3.8) is 0 Å². The Morgan fingerprint density at radius 1 is 1.00 bits per heavy atom. The fraction of sp³-hybridized carbons (Fsp3) is 0. The minimum absolute atomic E-state index is 0.386. The van der Waals surface area contributed by atoms with Gasteiger partial charge in [-0.2, -0.15) is 0 Å². The molecule has 0 spiro atoms. The lowest BCUT2D eigenvalue weighted by atomic mass is 10.3. The second-order valence-electron chi connectivity index (χ2n) is 2.87. The maximum Gasteiger partial charge on any atom is 0.153 e. The Bertz CT molecular complexity index is 398. The summed E-state index contributed by atoms with van der Waals surface area (Å²) >= 11 is 9.00. The molecule has 0 bridgehead atoms. The van der Waals surface area contributed by atoms with Crippen molar-refractivity contribution in [3.05, 3.63) is 46.0 Å². The summed E-state index contributed by atoms with van der Waals surface area (Å²) in [7, 11) is 0. The smallest absolute Gasteiger partial charge is 0.153 e. The van der Waals surface area contributed by atoms with Crippen molar-refractivity contribution in [2.45, 2.75) is 0 Å². The third-order valence-corrected chi connectivity index (χ3v) is 2.48. The van der Waals surface area contributed by atoms with E-state index in [4.69, 9.17) is 11.6 Å². The molecular formula is C10H7BrClN3. The number of hydrogen-bond acceptors (Lipinski definition) is 3. The minimum Gasteiger partial charge on any atom is -0.339 e. The number of benzene rings is 1. The third-order valence-electron chi connectivity index (χ3n) is 1.75. The van der Waals surface area contributed by atoms with Gasteiger partial charge in [-0.3, -0.25) is 0 Å². The second kappa shape index (κ2) is 4.59. The molecule has 2 aromatic rings. The van der Waals surface area contributed by atoms with Crippen molar-refractivity contribution in [2.24, 2.45) is 0 Å². The van der Waals surface area contributed by atoms with Gasteiger partial charge in [0.05, 0.1) is 0 Å². The first kappa shape index (κ1) is 10.4. The highest BCUT2D eigenvalue weighted by Gasteiger charge is 1.96. The zero-order valence-electron chi connectivity index (χ0n) is 7.61. The predicted molar refractivity (Wildman–Crippen MR) is 64.5 cm³/mol. The van der Waals surface area contributed by atoms with E-state index >= 15 is 0 Å². The first-order chi connectivity index (χ1) is 7.24. The lowest BCUT2D eigenvalue weighted by Crippen LogP contribution is -1.94. The van der Waals surface area contributed by atoms with Crippen LogP contribution in [0.2, 0.25) is 5.15 Å². The summed E-state index contributed by atoms with van der Waals surface area (Å²) in [6.45, 7) is 0. The van der Waals surface area contributed by atoms with Gasteiger partial charge in [0.1, 0.15) is 0 Å². The molecule has 0 unspecified atom stereocenters. The standard InChI is InChI=1S/C10H7BrClN3/c11-7-1-3-8(4-2-7)13-10-6-5-9(12)14-15-10/h1-6H,(H,13,15). The van der Waals surface area contributed by atoms with E-state index in [9.17, 15) is 0 Å². The molecule has 0 saturated carbocycles. The number of aromatic nitrogens is 2. The summed E-state index contributed by atoms with van der Waals surface area (Å²) in [5, 5.41) is 11.1. The van der Waals surface area contributed by atoms with Gasteiger partial charge < -0.3 is 5.32 Å². The van der Waals surface area contributed by atoms with Crippen LogP contribution in [0.4, 0.5) is 11.5 Å². The van der Waals surface area contributed by atoms with Crippen LogP contribution in [-0.2, 0) is 0 Å². The molecule has 76 valence electrons. The minimum atomic E-state index is 0.386. The molecule has 0 aliphatic rings. The number of halogens is 2. The van der Waals surface area contributed by atoms with Crippen molar-refractivity contribution in [3.8, 4) is 0 Å². The zero-order valence-corrected chi connectivity index (χ0v) is 9.96. The van der Waals surface area contributed by atoms with E-state index in [1.165, 1.54) is 0 Å². The Hall–Kier alpha value is -1.13. The maximum absolute atomic E-state index is 5.63. The fourth-order valence-electron chi connectivity index (χ4n) is 1.06. The second-order valence-corrected chi connectivity index (χ2v) is 4.18. The molecule has 1 aromatic heterocycles. The molecule has 0 aliphatic heterocycles. The molecule has 0 amide bonds. The van der Waals surface area contributed by atoms with Crippen LogP contribution in [0.5, 0.6) is 0 Å². The van der Waals surface area contributed by atoms with Gasteiger partial charge in [0.15, 0.2) is 11.0 Å². The molecule has 0 radical (unpaired) electrons. The Labute approximate surface area is 101 Å². The summed E-state index contributed by atoms with van der Waals surface area (Å²) in [4.78, 5) is 0. The van der Waals surface area contributed by atoms with Gasteiger partial charge in [-0.15, -0.1) is 10.2 Å². The maximum atomic E-state index is 5.63. The van der Waals surface area contributed by atoms with Gasteiger partial charge in [-0.1, -0.05) is 27.5 Å². The van der Waals surface area contributed by atoms with E-state index < -0.39 is 0 Å². The molecule has 2 rings (SSSR count). The summed E-state index contributed by atoms with van der Waals surface area (Å²) in [6.07, 6.45) is 0. The highest BCUT2D eigenvalue weighted by atomic mass is 79.9. The third kappa shape index (κ3) is 2.91. The molecule has 0 saturated heterocycles. The summed E-state index contributed by atoms with van der Waals surface area (Å²) in [5.41, 5.74) is 0.954. The molecular weight excluding hydrogens is 277 g/mol. The topological polar surface area (TPSA) is 37.8 Å². The summed E-state index contributed by atoms with van der Waals surface area (Å²) in [6, 6.07) is 11.3. The highest BCUT2D eigenvalue weighted by Crippen LogP contribution is 2.17. The average Bonchev–Trinajstić information content (AvgIpc) is 2.25. The van der Waals surface area contributed by atoms with E-state index in [0.717, 1.165) is 10.2 Å². The molecule has 1 aromatic carbocycles. The van der Waals surface area contributed by atoms with Crippen LogP contribution in [0.3, 0.4) is 0 Å². The van der Waals surface area contributed by atoms with Gasteiger partial charge in [0.25, 0.3) is 0 Å². The lowest BCUT2D eigenvalue weighted by Gasteiger charge is -2.04. The fourth-order valence-corrected chi connectivity index (χ4v) is 1.43. The van der Waals surface area contributed by atoms with Crippen molar-refractivity contribution in [1.29, 1.82) is 0 Å². The van der Waals surface area contributed by atoms with Gasteiger partial charge in [0.2, 0.25) is 0 Å². The predicted octanol–water partition coefficient (Wildman–Crippen LogP) is 3.64. The zero-order chi connectivity index (χ0) is 10.7. The average molecular weight is 285 g/mol. The van der Waals surface area contributed by atoms with Crippen LogP contribution in [0.25, 0.3) is 0 Å². The SMILES string of the molecule is Clc1ccc(Nc2ccc(Br)cc2)nn1. The first-order valence-corrected chi connectivity index (χ1v) is 5.43. The van der Waals surface area contributed by atoms with Crippen molar-refractivity contribution in [2.75, 3.05) is 5.32 Å². The molecule has 15 heavy (non-hydrogen) atoms. The van der Waals surface area contributed by atoms with E-state index in [0.29, 0.717) is 11.0 Å². The molecule has 0 fully saturated rings. The van der Waals surface area contributed by atoms with Crippen LogP contribution in [0.1, 0.15) is 0 Å². The normalized spacial score (nSPS) is 10.0. The van der Waals surface area contributed by atoms with E-state index in [1.54, 1.807) is 12.1 Å². The number of nitrogens with one attached hydrogen (secondary N) is 1. The van der Waals surface area contributed by atoms with Crippen molar-refractivity contribution >= 4 is 39.0 Å². The quantitative estimate of drug-likeness (QED) is 0.915. The van der Waals surface area contributed by atoms with Crippen LogP contribution in [0.15, 0.2) is 40.9 Å². The van der Waals surface area contributed by atoms with Gasteiger partial charge in [-0.25, -0.2) is 0 Å². The molecule has 1 N–H and O–H groups in total. The Balaban J connectivity index is 2.15. The van der Waals surface area contributed by atoms with E-state index in [-0.39, 0.29) is 0 Å². The van der Waals surface area contributed by atoms with Crippen molar-refractivity contribution < 1.29 is 0 Å². The Morgan fingerprint density at radius 3 is 2.33 bits per heavy atom. The number of nitrogens with zero attached hydrogens (tertiary/aromatic N) is 2. The monoisotopic (exact) mass is 283 g/mol. The molecule has 0 atom stereocenters.